The summed E-state index contributed by atoms with van der Waals surface area (Å²) in [5, 5.41) is 9.15. The fourth-order valence-electron chi connectivity index (χ4n) is 2.82. The Hall–Kier alpha value is -1.19. The van der Waals surface area contributed by atoms with E-state index in [0.717, 1.165) is 11.4 Å². The molecule has 0 saturated heterocycles. The Morgan fingerprint density at radius 2 is 1.90 bits per heavy atom. The molecule has 1 aliphatic rings. The van der Waals surface area contributed by atoms with E-state index in [2.05, 4.69) is 27.4 Å². The first-order valence-corrected chi connectivity index (χ1v) is 8.21. The molecule has 5 heteroatoms. The summed E-state index contributed by atoms with van der Waals surface area (Å²) < 4.78 is 2.13. The van der Waals surface area contributed by atoms with Gasteiger partial charge in [-0.1, -0.05) is 42.5 Å². The minimum Gasteiger partial charge on any atom is -0.379 e. The molecule has 1 fully saturated rings. The van der Waals surface area contributed by atoms with Crippen LogP contribution < -0.4 is 5.32 Å². The van der Waals surface area contributed by atoms with Gasteiger partial charge in [-0.05, 0) is 37.1 Å². The van der Waals surface area contributed by atoms with Gasteiger partial charge in [0.2, 0.25) is 0 Å². The van der Waals surface area contributed by atoms with Crippen molar-refractivity contribution < 1.29 is 0 Å². The number of hydrogen-bond donors (Lipinski definition) is 1. The summed E-state index contributed by atoms with van der Waals surface area (Å²) >= 11 is 11.9. The maximum atomic E-state index is 6.01. The highest BCUT2D eigenvalue weighted by Gasteiger charge is 2.15. The van der Waals surface area contributed by atoms with Gasteiger partial charge in [-0.15, -0.1) is 0 Å². The SMILES string of the molecule is Clc1ccc(NCc2ccn(C3CCCCC3)n2)cc1Cl. The minimum atomic E-state index is 0.564. The van der Waals surface area contributed by atoms with E-state index in [1.165, 1.54) is 32.1 Å². The van der Waals surface area contributed by atoms with Gasteiger partial charge in [-0.3, -0.25) is 4.68 Å². The lowest BCUT2D eigenvalue weighted by Crippen LogP contribution is -2.13. The predicted octanol–water partition coefficient (Wildman–Crippen LogP) is 5.31. The second-order valence-corrected chi connectivity index (χ2v) is 6.38. The van der Waals surface area contributed by atoms with Crippen molar-refractivity contribution in [3.8, 4) is 0 Å². The van der Waals surface area contributed by atoms with Crippen LogP contribution in [0.1, 0.15) is 43.8 Å². The molecule has 1 heterocycles. The van der Waals surface area contributed by atoms with Gasteiger partial charge >= 0.3 is 0 Å². The Labute approximate surface area is 135 Å². The topological polar surface area (TPSA) is 29.9 Å². The van der Waals surface area contributed by atoms with Gasteiger partial charge in [0, 0.05) is 11.9 Å². The first kappa shape index (κ1) is 14.7. The average molecular weight is 324 g/mol. The third kappa shape index (κ3) is 3.72. The van der Waals surface area contributed by atoms with Crippen molar-refractivity contribution in [1.29, 1.82) is 0 Å². The third-order valence-electron chi connectivity index (χ3n) is 4.01. The number of nitrogens with one attached hydrogen (secondary N) is 1. The molecule has 2 aromatic rings. The van der Waals surface area contributed by atoms with Crippen LogP contribution >= 0.6 is 23.2 Å². The number of benzene rings is 1. The molecule has 0 atom stereocenters. The first-order valence-electron chi connectivity index (χ1n) is 7.45. The second-order valence-electron chi connectivity index (χ2n) is 5.56. The lowest BCUT2D eigenvalue weighted by Gasteiger charge is -2.21. The molecular weight excluding hydrogens is 305 g/mol. The number of hydrogen-bond acceptors (Lipinski definition) is 2. The van der Waals surface area contributed by atoms with E-state index in [9.17, 15) is 0 Å². The van der Waals surface area contributed by atoms with E-state index >= 15 is 0 Å². The van der Waals surface area contributed by atoms with Crippen LogP contribution in [0.25, 0.3) is 0 Å². The van der Waals surface area contributed by atoms with E-state index < -0.39 is 0 Å². The smallest absolute Gasteiger partial charge is 0.0815 e. The quantitative estimate of drug-likeness (QED) is 0.826. The van der Waals surface area contributed by atoms with Gasteiger partial charge in [0.25, 0.3) is 0 Å². The lowest BCUT2D eigenvalue weighted by molar-refractivity contribution is 0.328. The summed E-state index contributed by atoms with van der Waals surface area (Å²) in [7, 11) is 0. The van der Waals surface area contributed by atoms with Crippen LogP contribution in [0.3, 0.4) is 0 Å². The highest BCUT2D eigenvalue weighted by atomic mass is 35.5. The van der Waals surface area contributed by atoms with Crippen molar-refractivity contribution >= 4 is 28.9 Å². The van der Waals surface area contributed by atoms with E-state index in [1.807, 2.05) is 12.1 Å². The highest BCUT2D eigenvalue weighted by molar-refractivity contribution is 6.42. The van der Waals surface area contributed by atoms with Crippen LogP contribution in [0.2, 0.25) is 10.0 Å². The molecule has 1 saturated carbocycles. The molecule has 0 aliphatic heterocycles. The van der Waals surface area contributed by atoms with Crippen LogP contribution in [-0.4, -0.2) is 9.78 Å². The van der Waals surface area contributed by atoms with Crippen molar-refractivity contribution in [2.75, 3.05) is 5.32 Å². The molecule has 0 radical (unpaired) electrons. The van der Waals surface area contributed by atoms with Crippen molar-refractivity contribution in [3.63, 3.8) is 0 Å². The van der Waals surface area contributed by atoms with Gasteiger partial charge in [0.1, 0.15) is 0 Å². The van der Waals surface area contributed by atoms with Crippen LogP contribution in [0.5, 0.6) is 0 Å². The number of halogens is 2. The summed E-state index contributed by atoms with van der Waals surface area (Å²) in [4.78, 5) is 0. The molecule has 3 nitrogen and oxygen atoms in total. The van der Waals surface area contributed by atoms with Crippen molar-refractivity contribution in [3.05, 3.63) is 46.2 Å². The molecule has 1 aromatic heterocycles. The summed E-state index contributed by atoms with van der Waals surface area (Å²) in [6.07, 6.45) is 8.61. The molecule has 0 bridgehead atoms. The maximum Gasteiger partial charge on any atom is 0.0815 e. The molecule has 112 valence electrons. The van der Waals surface area contributed by atoms with E-state index in [4.69, 9.17) is 23.2 Å². The van der Waals surface area contributed by atoms with Crippen LogP contribution in [-0.2, 0) is 6.54 Å². The first-order chi connectivity index (χ1) is 10.2. The number of anilines is 1. The summed E-state index contributed by atoms with van der Waals surface area (Å²) in [5.41, 5.74) is 2.00. The highest BCUT2D eigenvalue weighted by Crippen LogP contribution is 2.28. The zero-order chi connectivity index (χ0) is 14.7. The standard InChI is InChI=1S/C16H19Cl2N3/c17-15-7-6-12(10-16(15)18)19-11-13-8-9-21(20-13)14-4-2-1-3-5-14/h6-10,14,19H,1-5,11H2. The molecule has 0 unspecified atom stereocenters. The van der Waals surface area contributed by atoms with Crippen LogP contribution in [0.15, 0.2) is 30.5 Å². The van der Waals surface area contributed by atoms with Gasteiger partial charge in [-0.25, -0.2) is 0 Å². The third-order valence-corrected chi connectivity index (χ3v) is 4.74. The predicted molar refractivity (Wildman–Crippen MR) is 88.1 cm³/mol. The Kier molecular flexibility index (Phi) is 4.71. The largest absolute Gasteiger partial charge is 0.379 e. The van der Waals surface area contributed by atoms with Crippen molar-refractivity contribution in [1.82, 2.24) is 9.78 Å². The number of nitrogens with zero attached hydrogens (tertiary/aromatic N) is 2. The molecule has 0 spiro atoms. The number of aromatic nitrogens is 2. The normalized spacial score (nSPS) is 16.1. The number of rotatable bonds is 4. The Morgan fingerprint density at radius 3 is 2.67 bits per heavy atom. The van der Waals surface area contributed by atoms with Gasteiger partial charge in [0.15, 0.2) is 0 Å². The van der Waals surface area contributed by atoms with E-state index in [0.29, 0.717) is 22.6 Å². The Balaban J connectivity index is 1.60. The van der Waals surface area contributed by atoms with Gasteiger partial charge in [0.05, 0.1) is 28.3 Å². The van der Waals surface area contributed by atoms with E-state index in [1.54, 1.807) is 6.07 Å². The lowest BCUT2D eigenvalue weighted by atomic mass is 9.96. The Morgan fingerprint density at radius 1 is 1.10 bits per heavy atom. The molecule has 0 amide bonds. The summed E-state index contributed by atoms with van der Waals surface area (Å²) in [5.74, 6) is 0. The monoisotopic (exact) mass is 323 g/mol. The fraction of sp³-hybridized carbons (Fsp3) is 0.438. The molecule has 21 heavy (non-hydrogen) atoms. The second kappa shape index (κ2) is 6.71. The maximum absolute atomic E-state index is 6.01. The average Bonchev–Trinajstić information content (AvgIpc) is 2.98. The molecule has 3 rings (SSSR count). The summed E-state index contributed by atoms with van der Waals surface area (Å²) in [6, 6.07) is 8.22. The Bertz CT molecular complexity index is 603. The zero-order valence-electron chi connectivity index (χ0n) is 11.9. The molecule has 1 aromatic carbocycles. The molecular formula is C16H19Cl2N3. The molecule has 1 aliphatic carbocycles. The fourth-order valence-corrected chi connectivity index (χ4v) is 3.12. The van der Waals surface area contributed by atoms with Crippen molar-refractivity contribution in [2.24, 2.45) is 0 Å². The van der Waals surface area contributed by atoms with Gasteiger partial charge in [-0.2, -0.15) is 5.10 Å². The van der Waals surface area contributed by atoms with Crippen molar-refractivity contribution in [2.45, 2.75) is 44.7 Å². The van der Waals surface area contributed by atoms with E-state index in [-0.39, 0.29) is 0 Å². The van der Waals surface area contributed by atoms with Crippen LogP contribution in [0.4, 0.5) is 5.69 Å². The van der Waals surface area contributed by atoms with Gasteiger partial charge < -0.3 is 5.32 Å². The minimum absolute atomic E-state index is 0.564. The van der Waals surface area contributed by atoms with Crippen LogP contribution in [0, 0.1) is 0 Å². The molecule has 1 N–H and O–H groups in total. The summed E-state index contributed by atoms with van der Waals surface area (Å²) in [6.45, 7) is 0.692. The zero-order valence-corrected chi connectivity index (χ0v) is 13.4.